The van der Waals surface area contributed by atoms with E-state index in [0.29, 0.717) is 12.0 Å². The van der Waals surface area contributed by atoms with Crippen molar-refractivity contribution in [2.24, 2.45) is 28.7 Å². The van der Waals surface area contributed by atoms with Gasteiger partial charge in [0.1, 0.15) is 0 Å². The first kappa shape index (κ1) is 13.6. The maximum absolute atomic E-state index is 4.96. The molecule has 124 valence electrons. The van der Waals surface area contributed by atoms with Gasteiger partial charge in [0.05, 0.1) is 6.04 Å². The maximum Gasteiger partial charge on any atom is 0.0620 e. The average molecular weight is 311 g/mol. The van der Waals surface area contributed by atoms with Gasteiger partial charge < -0.3 is 5.32 Å². The first-order valence-corrected chi connectivity index (χ1v) is 10.1. The fourth-order valence-corrected chi connectivity index (χ4v) is 7.59. The lowest BCUT2D eigenvalue weighted by atomic mass is 9.60. The van der Waals surface area contributed by atoms with Gasteiger partial charge in [-0.15, -0.1) is 0 Å². The molecule has 3 nitrogen and oxygen atoms in total. The molecule has 0 radical (unpaired) electrons. The van der Waals surface area contributed by atoms with Crippen LogP contribution in [0.2, 0.25) is 0 Å². The molecule has 9 atom stereocenters. The first-order valence-electron chi connectivity index (χ1n) is 10.1. The average Bonchev–Trinajstić information content (AvgIpc) is 3.01. The van der Waals surface area contributed by atoms with Crippen molar-refractivity contribution >= 4 is 6.21 Å². The molecule has 2 aliphatic carbocycles. The lowest BCUT2D eigenvalue weighted by molar-refractivity contribution is -0.0915. The predicted octanol–water partition coefficient (Wildman–Crippen LogP) is 2.63. The molecule has 23 heavy (non-hydrogen) atoms. The normalized spacial score (nSPS) is 56.8. The first-order chi connectivity index (χ1) is 11.4. The summed E-state index contributed by atoms with van der Waals surface area (Å²) in [6.45, 7) is 1.36. The highest BCUT2D eigenvalue weighted by molar-refractivity contribution is 5.72. The molecule has 0 aromatic rings. The van der Waals surface area contributed by atoms with Crippen LogP contribution < -0.4 is 5.32 Å². The molecule has 5 aliphatic heterocycles. The van der Waals surface area contributed by atoms with Crippen molar-refractivity contribution < 1.29 is 0 Å². The van der Waals surface area contributed by atoms with Crippen LogP contribution in [0, 0.1) is 23.7 Å². The Kier molecular flexibility index (Phi) is 2.91. The molecule has 0 aromatic heterocycles. The number of aliphatic imine (C=N–C) groups is 1. The molecular formula is C20H29N3. The van der Waals surface area contributed by atoms with E-state index in [1.54, 1.807) is 0 Å². The van der Waals surface area contributed by atoms with Gasteiger partial charge in [-0.2, -0.15) is 0 Å². The molecule has 0 spiro atoms. The van der Waals surface area contributed by atoms with E-state index in [2.05, 4.69) is 28.6 Å². The zero-order valence-corrected chi connectivity index (χ0v) is 14.0. The van der Waals surface area contributed by atoms with Crippen LogP contribution in [-0.2, 0) is 0 Å². The van der Waals surface area contributed by atoms with E-state index in [0.717, 1.165) is 41.9 Å². The molecule has 2 bridgehead atoms. The molecule has 5 heterocycles. The molecule has 1 N–H and O–H groups in total. The number of dihydropyridines is 1. The van der Waals surface area contributed by atoms with Gasteiger partial charge >= 0.3 is 0 Å². The van der Waals surface area contributed by atoms with Crippen molar-refractivity contribution in [3.63, 3.8) is 0 Å². The molecule has 5 unspecified atom stereocenters. The third-order valence-corrected chi connectivity index (χ3v) is 8.32. The number of allylic oxidation sites excluding steroid dienone is 1. The molecule has 7 rings (SSSR count). The highest BCUT2D eigenvalue weighted by atomic mass is 15.3. The van der Waals surface area contributed by atoms with Gasteiger partial charge in [0, 0.05) is 36.3 Å². The molecular weight excluding hydrogens is 282 g/mol. The Labute approximate surface area is 139 Å². The van der Waals surface area contributed by atoms with Gasteiger partial charge in [-0.25, -0.2) is 0 Å². The number of hydrogen-bond acceptors (Lipinski definition) is 3. The van der Waals surface area contributed by atoms with Crippen molar-refractivity contribution in [2.75, 3.05) is 6.54 Å². The Morgan fingerprint density at radius 3 is 2.91 bits per heavy atom. The van der Waals surface area contributed by atoms with Gasteiger partial charge in [-0.3, -0.25) is 9.89 Å². The number of nitrogens with one attached hydrogen (secondary N) is 1. The summed E-state index contributed by atoms with van der Waals surface area (Å²) in [5.41, 5.74) is 0. The van der Waals surface area contributed by atoms with Crippen LogP contribution in [0.15, 0.2) is 17.1 Å². The molecule has 7 aliphatic rings. The second kappa shape index (κ2) is 4.92. The Morgan fingerprint density at radius 1 is 0.957 bits per heavy atom. The number of hydrogen-bond donors (Lipinski definition) is 1. The fourth-order valence-electron chi connectivity index (χ4n) is 7.59. The quantitative estimate of drug-likeness (QED) is 0.745. The van der Waals surface area contributed by atoms with Crippen LogP contribution in [-0.4, -0.2) is 47.9 Å². The fraction of sp³-hybridized carbons (Fsp3) is 0.850. The molecule has 0 aromatic carbocycles. The third-order valence-electron chi connectivity index (χ3n) is 8.32. The lowest BCUT2D eigenvalue weighted by Crippen LogP contribution is -2.71. The highest BCUT2D eigenvalue weighted by Gasteiger charge is 2.60. The standard InChI is InChI=1S/C20H29N3/c1-2-6-16-12(4-1)13-9-11-23-17-8-7-15(20(23)19(13)22-16)18-14(17)5-3-10-21-18/h3,5,10,12-20,22H,1-2,4,6-9,11H2/t12?,13?,14-,15+,16?,17-,18-,19?,20?/m0/s1. The number of nitrogens with zero attached hydrogens (tertiary/aromatic N) is 2. The maximum atomic E-state index is 4.96. The monoisotopic (exact) mass is 311 g/mol. The summed E-state index contributed by atoms with van der Waals surface area (Å²) >= 11 is 0. The number of piperidine rings is 3. The number of rotatable bonds is 0. The van der Waals surface area contributed by atoms with Crippen LogP contribution in [0.4, 0.5) is 0 Å². The predicted molar refractivity (Wildman–Crippen MR) is 92.7 cm³/mol. The third kappa shape index (κ3) is 1.76. The summed E-state index contributed by atoms with van der Waals surface area (Å²) in [5, 5.41) is 4.16. The van der Waals surface area contributed by atoms with Crippen molar-refractivity contribution in [3.8, 4) is 0 Å². The van der Waals surface area contributed by atoms with Crippen LogP contribution in [0.3, 0.4) is 0 Å². The molecule has 4 saturated heterocycles. The largest absolute Gasteiger partial charge is 0.309 e. The zero-order chi connectivity index (χ0) is 15.0. The Bertz CT molecular complexity index is 555. The highest BCUT2D eigenvalue weighted by Crippen LogP contribution is 2.53. The van der Waals surface area contributed by atoms with Crippen LogP contribution in [0.5, 0.6) is 0 Å². The summed E-state index contributed by atoms with van der Waals surface area (Å²) in [6.07, 6.45) is 16.9. The smallest absolute Gasteiger partial charge is 0.0620 e. The lowest BCUT2D eigenvalue weighted by Gasteiger charge is -2.62. The van der Waals surface area contributed by atoms with Crippen LogP contribution in [0.1, 0.15) is 44.9 Å². The van der Waals surface area contributed by atoms with Gasteiger partial charge in [-0.05, 0) is 62.5 Å². The SMILES string of the molecule is C1=C[C@@H]2[C@H](N=C1)[C@H]1CC[C@@H]2N2CCC3C4CCCCC4NC3C12. The second-order valence-electron chi connectivity index (χ2n) is 8.99. The van der Waals surface area contributed by atoms with Gasteiger partial charge in [0.15, 0.2) is 0 Å². The van der Waals surface area contributed by atoms with Crippen LogP contribution in [0.25, 0.3) is 0 Å². The summed E-state index contributed by atoms with van der Waals surface area (Å²) in [7, 11) is 0. The summed E-state index contributed by atoms with van der Waals surface area (Å²) in [6, 6.07) is 3.75. The zero-order valence-electron chi connectivity index (χ0n) is 14.0. The second-order valence-corrected chi connectivity index (χ2v) is 8.99. The van der Waals surface area contributed by atoms with Gasteiger partial charge in [0.25, 0.3) is 0 Å². The van der Waals surface area contributed by atoms with E-state index in [9.17, 15) is 0 Å². The van der Waals surface area contributed by atoms with Gasteiger partial charge in [-0.1, -0.05) is 18.9 Å². The van der Waals surface area contributed by atoms with Crippen LogP contribution >= 0.6 is 0 Å². The molecule has 2 saturated carbocycles. The molecule has 3 heteroatoms. The number of fused-ring (bicyclic) bond motifs is 4. The Balaban J connectivity index is 1.36. The minimum absolute atomic E-state index is 0.586. The summed E-state index contributed by atoms with van der Waals surface area (Å²) < 4.78 is 0. The van der Waals surface area contributed by atoms with E-state index >= 15 is 0 Å². The van der Waals surface area contributed by atoms with E-state index in [-0.39, 0.29) is 0 Å². The molecule has 6 fully saturated rings. The Hall–Kier alpha value is -0.670. The summed E-state index contributed by atoms with van der Waals surface area (Å²) in [4.78, 5) is 7.90. The van der Waals surface area contributed by atoms with Crippen molar-refractivity contribution in [1.82, 2.24) is 10.2 Å². The summed E-state index contributed by atoms with van der Waals surface area (Å²) in [5.74, 6) is 3.45. The van der Waals surface area contributed by atoms with Crippen molar-refractivity contribution in [2.45, 2.75) is 75.2 Å². The van der Waals surface area contributed by atoms with E-state index < -0.39 is 0 Å². The molecule has 0 amide bonds. The minimum atomic E-state index is 0.586. The minimum Gasteiger partial charge on any atom is -0.309 e. The van der Waals surface area contributed by atoms with Crippen molar-refractivity contribution in [3.05, 3.63) is 12.2 Å². The Morgan fingerprint density at radius 2 is 1.91 bits per heavy atom. The van der Waals surface area contributed by atoms with E-state index in [4.69, 9.17) is 4.99 Å². The van der Waals surface area contributed by atoms with E-state index in [1.165, 1.54) is 51.5 Å². The topological polar surface area (TPSA) is 27.6 Å². The van der Waals surface area contributed by atoms with Crippen molar-refractivity contribution in [1.29, 1.82) is 0 Å². The van der Waals surface area contributed by atoms with E-state index in [1.807, 2.05) is 0 Å². The van der Waals surface area contributed by atoms with Gasteiger partial charge in [0.2, 0.25) is 0 Å².